The Morgan fingerprint density at radius 1 is 1.40 bits per heavy atom. The van der Waals surface area contributed by atoms with Gasteiger partial charge in [0.25, 0.3) is 0 Å². The van der Waals surface area contributed by atoms with Crippen molar-refractivity contribution in [3.05, 3.63) is 0 Å². The van der Waals surface area contributed by atoms with Crippen molar-refractivity contribution in [3.63, 3.8) is 0 Å². The molecule has 86 valence electrons. The van der Waals surface area contributed by atoms with Crippen LogP contribution in [0.15, 0.2) is 0 Å². The maximum atomic E-state index is 12.2. The molecule has 1 heterocycles. The van der Waals surface area contributed by atoms with Crippen LogP contribution in [0.1, 0.15) is 25.7 Å². The van der Waals surface area contributed by atoms with E-state index in [0.29, 0.717) is 17.8 Å². The van der Waals surface area contributed by atoms with Crippen molar-refractivity contribution in [2.45, 2.75) is 31.7 Å². The third-order valence-electron chi connectivity index (χ3n) is 3.40. The van der Waals surface area contributed by atoms with Gasteiger partial charge < -0.3 is 4.90 Å². The predicted octanol–water partition coefficient (Wildman–Crippen LogP) is 2.36. The summed E-state index contributed by atoms with van der Waals surface area (Å²) in [5.74, 6) is 3.38. The molecule has 1 amide bonds. The van der Waals surface area contributed by atoms with E-state index in [4.69, 9.17) is 11.6 Å². The van der Waals surface area contributed by atoms with E-state index in [9.17, 15) is 4.79 Å². The Labute approximate surface area is 101 Å². The van der Waals surface area contributed by atoms with Gasteiger partial charge >= 0.3 is 0 Å². The third-order valence-corrected chi connectivity index (χ3v) is 4.73. The summed E-state index contributed by atoms with van der Waals surface area (Å²) in [4.78, 5) is 14.3. The predicted molar refractivity (Wildman–Crippen MR) is 65.5 cm³/mol. The summed E-state index contributed by atoms with van der Waals surface area (Å²) in [5.41, 5.74) is 0. The van der Waals surface area contributed by atoms with Crippen molar-refractivity contribution in [1.82, 2.24) is 4.90 Å². The van der Waals surface area contributed by atoms with Crippen LogP contribution in [0.2, 0.25) is 0 Å². The number of thioether (sulfide) groups is 1. The maximum absolute atomic E-state index is 12.2. The Balaban J connectivity index is 1.92. The second-order valence-electron chi connectivity index (χ2n) is 4.37. The molecule has 4 heteroatoms. The van der Waals surface area contributed by atoms with Gasteiger partial charge in [-0.2, -0.15) is 11.8 Å². The van der Waals surface area contributed by atoms with Gasteiger partial charge in [0.2, 0.25) is 5.91 Å². The fraction of sp³-hybridized carbons (Fsp3) is 0.909. The lowest BCUT2D eigenvalue weighted by Gasteiger charge is -2.38. The molecule has 2 fully saturated rings. The van der Waals surface area contributed by atoms with Crippen LogP contribution in [0.25, 0.3) is 0 Å². The van der Waals surface area contributed by atoms with Crippen LogP contribution >= 0.6 is 23.4 Å². The topological polar surface area (TPSA) is 20.3 Å². The van der Waals surface area contributed by atoms with Crippen molar-refractivity contribution in [2.75, 3.05) is 23.9 Å². The molecular weight excluding hydrogens is 230 g/mol. The van der Waals surface area contributed by atoms with E-state index in [1.54, 1.807) is 0 Å². The molecule has 0 aromatic heterocycles. The van der Waals surface area contributed by atoms with Gasteiger partial charge in [0.05, 0.1) is 0 Å². The molecule has 1 aliphatic carbocycles. The number of hydrogen-bond acceptors (Lipinski definition) is 2. The Hall–Kier alpha value is 0.110. The van der Waals surface area contributed by atoms with Crippen LogP contribution in [0.3, 0.4) is 0 Å². The van der Waals surface area contributed by atoms with E-state index in [2.05, 4.69) is 0 Å². The van der Waals surface area contributed by atoms with Gasteiger partial charge in [-0.15, -0.1) is 11.6 Å². The smallest absolute Gasteiger partial charge is 0.226 e. The van der Waals surface area contributed by atoms with Gasteiger partial charge in [-0.25, -0.2) is 0 Å². The normalized spacial score (nSPS) is 26.3. The highest BCUT2D eigenvalue weighted by atomic mass is 35.5. The summed E-state index contributed by atoms with van der Waals surface area (Å²) in [6, 6.07) is 0.502. The summed E-state index contributed by atoms with van der Waals surface area (Å²) in [7, 11) is 0. The highest BCUT2D eigenvalue weighted by Crippen LogP contribution is 2.30. The second kappa shape index (κ2) is 5.44. The summed E-state index contributed by atoms with van der Waals surface area (Å²) < 4.78 is 0. The molecule has 2 rings (SSSR count). The molecule has 0 N–H and O–H groups in total. The van der Waals surface area contributed by atoms with Gasteiger partial charge in [-0.3, -0.25) is 4.79 Å². The minimum absolute atomic E-state index is 0.277. The monoisotopic (exact) mass is 247 g/mol. The summed E-state index contributed by atoms with van der Waals surface area (Å²) in [5, 5.41) is 0. The molecule has 0 aromatic carbocycles. The number of halogens is 1. The van der Waals surface area contributed by atoms with Crippen LogP contribution in [0.5, 0.6) is 0 Å². The lowest BCUT2D eigenvalue weighted by atomic mass is 9.90. The standard InChI is InChI=1S/C11H18ClNOS/c12-5-6-13(10-2-1-3-10)11(14)9-4-7-15-8-9/h9-10H,1-8H2. The van der Waals surface area contributed by atoms with E-state index < -0.39 is 0 Å². The number of carbonyl (C=O) groups excluding carboxylic acids is 1. The summed E-state index contributed by atoms with van der Waals surface area (Å²) in [6.45, 7) is 0.742. The lowest BCUT2D eigenvalue weighted by Crippen LogP contribution is -2.47. The van der Waals surface area contributed by atoms with Crippen LogP contribution in [-0.4, -0.2) is 40.8 Å². The SMILES string of the molecule is O=C(C1CCSC1)N(CCCl)C1CCC1. The molecule has 0 spiro atoms. The maximum Gasteiger partial charge on any atom is 0.226 e. The van der Waals surface area contributed by atoms with Crippen molar-refractivity contribution in [1.29, 1.82) is 0 Å². The van der Waals surface area contributed by atoms with Crippen LogP contribution in [0, 0.1) is 5.92 Å². The molecule has 0 radical (unpaired) electrons. The van der Waals surface area contributed by atoms with Crippen molar-refractivity contribution in [2.24, 2.45) is 5.92 Å². The summed E-state index contributed by atoms with van der Waals surface area (Å²) in [6.07, 6.45) is 4.70. The molecule has 2 nitrogen and oxygen atoms in total. The zero-order valence-electron chi connectivity index (χ0n) is 8.95. The largest absolute Gasteiger partial charge is 0.338 e. The number of carbonyl (C=O) groups is 1. The first-order chi connectivity index (χ1) is 7.33. The number of amides is 1. The zero-order chi connectivity index (χ0) is 10.7. The molecule has 1 unspecified atom stereocenters. The minimum atomic E-state index is 0.277. The molecule has 0 bridgehead atoms. The molecule has 1 aliphatic heterocycles. The molecule has 0 aromatic rings. The first-order valence-corrected chi connectivity index (χ1v) is 7.46. The Bertz CT molecular complexity index is 227. The molecule has 2 aliphatic rings. The first kappa shape index (κ1) is 11.6. The van der Waals surface area contributed by atoms with Gasteiger partial charge in [0.1, 0.15) is 0 Å². The minimum Gasteiger partial charge on any atom is -0.338 e. The van der Waals surface area contributed by atoms with E-state index >= 15 is 0 Å². The number of rotatable bonds is 4. The van der Waals surface area contributed by atoms with Crippen LogP contribution in [0.4, 0.5) is 0 Å². The third kappa shape index (κ3) is 2.62. The zero-order valence-corrected chi connectivity index (χ0v) is 10.5. The molecule has 1 saturated carbocycles. The van der Waals surface area contributed by atoms with E-state index in [0.717, 1.165) is 24.5 Å². The number of hydrogen-bond donors (Lipinski definition) is 0. The number of nitrogens with zero attached hydrogens (tertiary/aromatic N) is 1. The Kier molecular flexibility index (Phi) is 4.21. The van der Waals surface area contributed by atoms with Crippen molar-refractivity contribution in [3.8, 4) is 0 Å². The van der Waals surface area contributed by atoms with E-state index in [-0.39, 0.29) is 5.92 Å². The van der Waals surface area contributed by atoms with Gasteiger partial charge in [0.15, 0.2) is 0 Å². The Morgan fingerprint density at radius 3 is 2.67 bits per heavy atom. The quantitative estimate of drug-likeness (QED) is 0.711. The average Bonchev–Trinajstić information content (AvgIpc) is 2.66. The van der Waals surface area contributed by atoms with Gasteiger partial charge in [-0.1, -0.05) is 0 Å². The molecule has 1 atom stereocenters. The van der Waals surface area contributed by atoms with Crippen LogP contribution in [-0.2, 0) is 4.79 Å². The van der Waals surface area contributed by atoms with Crippen LogP contribution < -0.4 is 0 Å². The Morgan fingerprint density at radius 2 is 2.20 bits per heavy atom. The molecular formula is C11H18ClNOS. The van der Waals surface area contributed by atoms with Crippen molar-refractivity contribution < 1.29 is 4.79 Å². The van der Waals surface area contributed by atoms with E-state index in [1.807, 2.05) is 16.7 Å². The molecule has 15 heavy (non-hydrogen) atoms. The van der Waals surface area contributed by atoms with Gasteiger partial charge in [-0.05, 0) is 31.4 Å². The highest BCUT2D eigenvalue weighted by Gasteiger charge is 2.33. The van der Waals surface area contributed by atoms with E-state index in [1.165, 1.54) is 19.3 Å². The number of alkyl halides is 1. The fourth-order valence-corrected chi connectivity index (χ4v) is 3.62. The average molecular weight is 248 g/mol. The fourth-order valence-electron chi connectivity index (χ4n) is 2.23. The van der Waals surface area contributed by atoms with Crippen molar-refractivity contribution >= 4 is 29.3 Å². The van der Waals surface area contributed by atoms with Gasteiger partial charge in [0, 0.05) is 30.1 Å². The lowest BCUT2D eigenvalue weighted by molar-refractivity contribution is -0.138. The summed E-state index contributed by atoms with van der Waals surface area (Å²) >= 11 is 7.68. The first-order valence-electron chi connectivity index (χ1n) is 5.77. The highest BCUT2D eigenvalue weighted by molar-refractivity contribution is 7.99. The molecule has 1 saturated heterocycles. The second-order valence-corrected chi connectivity index (χ2v) is 5.89.